The van der Waals surface area contributed by atoms with Crippen molar-refractivity contribution in [1.82, 2.24) is 0 Å². The number of hydrogen-bond donors (Lipinski definition) is 0. The maximum atomic E-state index is 11.5. The maximum Gasteiger partial charge on any atom is 0.166 e. The molecular weight excluding hydrogens is 290 g/mol. The number of nitrogens with zero attached hydrogens (tertiary/aromatic N) is 1. The van der Waals surface area contributed by atoms with Crippen LogP contribution in [0.1, 0.15) is 12.5 Å². The van der Waals surface area contributed by atoms with Crippen LogP contribution >= 0.6 is 15.9 Å². The topological polar surface area (TPSA) is 57.9 Å². The molecule has 1 unspecified atom stereocenters. The molecule has 1 rings (SSSR count). The minimum atomic E-state index is -3.40. The van der Waals surface area contributed by atoms with E-state index < -0.39 is 14.6 Å². The van der Waals surface area contributed by atoms with Gasteiger partial charge < -0.3 is 0 Å². The van der Waals surface area contributed by atoms with Crippen molar-refractivity contribution in [3.05, 3.63) is 34.3 Å². The summed E-state index contributed by atoms with van der Waals surface area (Å²) < 4.78 is 22.6. The fraction of sp³-hybridized carbons (Fsp3) is 0.364. The van der Waals surface area contributed by atoms with E-state index in [1.54, 1.807) is 0 Å². The molecule has 3 nitrogen and oxygen atoms in total. The summed E-state index contributed by atoms with van der Waals surface area (Å²) in [5.41, 5.74) is 0.823. The first-order valence-corrected chi connectivity index (χ1v) is 7.32. The molecule has 0 N–H and O–H groups in total. The molecule has 0 heterocycles. The molecule has 0 amide bonds. The SMILES string of the molecule is CC(C#N)(Cc1cccc(Br)c1)S(C)(=O)=O. The molecule has 1 aromatic carbocycles. The van der Waals surface area contributed by atoms with Crippen LogP contribution in [0, 0.1) is 11.3 Å². The van der Waals surface area contributed by atoms with Crippen molar-refractivity contribution in [2.75, 3.05) is 6.26 Å². The van der Waals surface area contributed by atoms with Crippen molar-refractivity contribution in [3.8, 4) is 6.07 Å². The predicted octanol–water partition coefficient (Wildman–Crippen LogP) is 2.32. The molecule has 0 fully saturated rings. The Bertz CT molecular complexity index is 533. The molecule has 86 valence electrons. The van der Waals surface area contributed by atoms with Crippen molar-refractivity contribution in [1.29, 1.82) is 5.26 Å². The van der Waals surface area contributed by atoms with Crippen LogP contribution in [-0.4, -0.2) is 19.4 Å². The Hall–Kier alpha value is -0.860. The van der Waals surface area contributed by atoms with Gasteiger partial charge in [0.25, 0.3) is 0 Å². The van der Waals surface area contributed by atoms with Crippen molar-refractivity contribution < 1.29 is 8.42 Å². The van der Waals surface area contributed by atoms with Gasteiger partial charge in [0.05, 0.1) is 6.07 Å². The van der Waals surface area contributed by atoms with Gasteiger partial charge in [0.15, 0.2) is 14.6 Å². The molecule has 1 atom stereocenters. The Labute approximate surface area is 104 Å². The molecule has 5 heteroatoms. The van der Waals surface area contributed by atoms with E-state index in [4.69, 9.17) is 5.26 Å². The molecule has 16 heavy (non-hydrogen) atoms. The Balaban J connectivity index is 3.10. The minimum Gasteiger partial charge on any atom is -0.227 e. The lowest BCUT2D eigenvalue weighted by Crippen LogP contribution is -2.35. The van der Waals surface area contributed by atoms with Gasteiger partial charge in [-0.15, -0.1) is 0 Å². The largest absolute Gasteiger partial charge is 0.227 e. The number of benzene rings is 1. The lowest BCUT2D eigenvalue weighted by atomic mass is 10.0. The van der Waals surface area contributed by atoms with Crippen LogP contribution in [0.2, 0.25) is 0 Å². The average Bonchev–Trinajstić information content (AvgIpc) is 2.15. The van der Waals surface area contributed by atoms with Gasteiger partial charge in [-0.2, -0.15) is 5.26 Å². The molecule has 0 saturated heterocycles. The predicted molar refractivity (Wildman–Crippen MR) is 66.7 cm³/mol. The summed E-state index contributed by atoms with van der Waals surface area (Å²) in [5.74, 6) is 0. The first-order chi connectivity index (χ1) is 7.28. The monoisotopic (exact) mass is 301 g/mol. The zero-order valence-corrected chi connectivity index (χ0v) is 11.5. The number of halogens is 1. The van der Waals surface area contributed by atoms with Gasteiger partial charge in [0.2, 0.25) is 0 Å². The maximum absolute atomic E-state index is 11.5. The Morgan fingerprint density at radius 2 is 2.12 bits per heavy atom. The zero-order chi connectivity index (χ0) is 12.4. The van der Waals surface area contributed by atoms with E-state index in [2.05, 4.69) is 15.9 Å². The van der Waals surface area contributed by atoms with Gasteiger partial charge in [0.1, 0.15) is 0 Å². The highest BCUT2D eigenvalue weighted by Crippen LogP contribution is 2.23. The lowest BCUT2D eigenvalue weighted by Gasteiger charge is -2.19. The lowest BCUT2D eigenvalue weighted by molar-refractivity contribution is 0.570. The van der Waals surface area contributed by atoms with E-state index in [1.807, 2.05) is 30.3 Å². The summed E-state index contributed by atoms with van der Waals surface area (Å²) in [4.78, 5) is 0. The molecule has 0 radical (unpaired) electrons. The third-order valence-electron chi connectivity index (χ3n) is 2.49. The molecule has 0 aliphatic carbocycles. The second-order valence-corrected chi connectivity index (χ2v) is 7.28. The van der Waals surface area contributed by atoms with Gasteiger partial charge in [-0.3, -0.25) is 0 Å². The number of rotatable bonds is 3. The highest BCUT2D eigenvalue weighted by atomic mass is 79.9. The average molecular weight is 302 g/mol. The number of hydrogen-bond acceptors (Lipinski definition) is 3. The summed E-state index contributed by atoms with van der Waals surface area (Å²) in [5, 5.41) is 9.01. The van der Waals surface area contributed by atoms with Gasteiger partial charge in [-0.05, 0) is 24.6 Å². The fourth-order valence-corrected chi connectivity index (χ4v) is 2.33. The van der Waals surface area contributed by atoms with Crippen LogP contribution in [0.3, 0.4) is 0 Å². The van der Waals surface area contributed by atoms with Gasteiger partial charge in [0, 0.05) is 17.1 Å². The van der Waals surface area contributed by atoms with E-state index in [0.29, 0.717) is 0 Å². The van der Waals surface area contributed by atoms with Crippen molar-refractivity contribution in [3.63, 3.8) is 0 Å². The van der Waals surface area contributed by atoms with Crippen LogP contribution in [0.4, 0.5) is 0 Å². The smallest absolute Gasteiger partial charge is 0.166 e. The number of sulfone groups is 1. The standard InChI is InChI=1S/C11H12BrNO2S/c1-11(8-13,16(2,14)15)7-9-4-3-5-10(12)6-9/h3-6H,7H2,1-2H3. The highest BCUT2D eigenvalue weighted by Gasteiger charge is 2.36. The molecule has 0 aliphatic rings. The number of nitriles is 1. The summed E-state index contributed by atoms with van der Waals surface area (Å²) in [6.07, 6.45) is 1.29. The molecule has 0 spiro atoms. The van der Waals surface area contributed by atoms with E-state index in [0.717, 1.165) is 16.3 Å². The van der Waals surface area contributed by atoms with Gasteiger partial charge in [-0.1, -0.05) is 28.1 Å². The summed E-state index contributed by atoms with van der Waals surface area (Å²) in [6, 6.07) is 9.19. The second-order valence-electron chi connectivity index (χ2n) is 3.92. The summed E-state index contributed by atoms with van der Waals surface area (Å²) in [6.45, 7) is 1.45. The first-order valence-electron chi connectivity index (χ1n) is 4.64. The fourth-order valence-electron chi connectivity index (χ4n) is 1.29. The van der Waals surface area contributed by atoms with Crippen LogP contribution in [0.15, 0.2) is 28.7 Å². The van der Waals surface area contributed by atoms with E-state index in [1.165, 1.54) is 6.92 Å². The molecule has 0 aromatic heterocycles. The zero-order valence-electron chi connectivity index (χ0n) is 9.07. The minimum absolute atomic E-state index is 0.196. The van der Waals surface area contributed by atoms with Crippen LogP contribution in [0.5, 0.6) is 0 Å². The van der Waals surface area contributed by atoms with Gasteiger partial charge >= 0.3 is 0 Å². The molecule has 0 saturated carbocycles. The van der Waals surface area contributed by atoms with Crippen molar-refractivity contribution in [2.45, 2.75) is 18.1 Å². The molecule has 0 aliphatic heterocycles. The third kappa shape index (κ3) is 2.83. The van der Waals surface area contributed by atoms with Crippen molar-refractivity contribution in [2.24, 2.45) is 0 Å². The van der Waals surface area contributed by atoms with Crippen LogP contribution in [-0.2, 0) is 16.3 Å². The third-order valence-corrected chi connectivity index (χ3v) is 4.85. The van der Waals surface area contributed by atoms with Crippen molar-refractivity contribution >= 4 is 25.8 Å². The van der Waals surface area contributed by atoms with E-state index in [-0.39, 0.29) is 6.42 Å². The van der Waals surface area contributed by atoms with Crippen LogP contribution < -0.4 is 0 Å². The Morgan fingerprint density at radius 1 is 1.50 bits per heavy atom. The molecule has 1 aromatic rings. The van der Waals surface area contributed by atoms with E-state index >= 15 is 0 Å². The summed E-state index contributed by atoms with van der Waals surface area (Å²) in [7, 11) is -3.40. The summed E-state index contributed by atoms with van der Waals surface area (Å²) >= 11 is 3.31. The Kier molecular flexibility index (Phi) is 3.76. The normalized spacial score (nSPS) is 15.1. The molecule has 0 bridgehead atoms. The second kappa shape index (κ2) is 4.56. The van der Waals surface area contributed by atoms with E-state index in [9.17, 15) is 8.42 Å². The highest BCUT2D eigenvalue weighted by molar-refractivity contribution is 9.10. The van der Waals surface area contributed by atoms with Crippen LogP contribution in [0.25, 0.3) is 0 Å². The van der Waals surface area contributed by atoms with Gasteiger partial charge in [-0.25, -0.2) is 8.42 Å². The Morgan fingerprint density at radius 3 is 2.56 bits per heavy atom. The first kappa shape index (κ1) is 13.2. The molecular formula is C11H12BrNO2S. The quantitative estimate of drug-likeness (QED) is 0.861.